The first-order valence-corrected chi connectivity index (χ1v) is 9.85. The van der Waals surface area contributed by atoms with Crippen LogP contribution in [0.5, 0.6) is 0 Å². The molecule has 0 radical (unpaired) electrons. The van der Waals surface area contributed by atoms with Crippen LogP contribution in [0.2, 0.25) is 18.1 Å². The van der Waals surface area contributed by atoms with Gasteiger partial charge in [-0.1, -0.05) is 20.8 Å². The lowest BCUT2D eigenvalue weighted by atomic mass is 10.2. The SMILES string of the molecule is CC(C)(C)[Si](C)(C)OCCCCc1ccc(C=O)o1. The zero-order valence-corrected chi connectivity index (χ0v) is 13.8. The molecule has 0 aliphatic rings. The van der Waals surface area contributed by atoms with Crippen LogP contribution in [-0.2, 0) is 10.8 Å². The summed E-state index contributed by atoms with van der Waals surface area (Å²) in [5.41, 5.74) is 0. The lowest BCUT2D eigenvalue weighted by molar-refractivity contribution is 0.109. The van der Waals surface area contributed by atoms with Gasteiger partial charge in [-0.2, -0.15) is 0 Å². The van der Waals surface area contributed by atoms with Crippen molar-refractivity contribution in [3.63, 3.8) is 0 Å². The first-order chi connectivity index (χ1) is 8.76. The van der Waals surface area contributed by atoms with Gasteiger partial charge in [0.2, 0.25) is 0 Å². The summed E-state index contributed by atoms with van der Waals surface area (Å²) in [6, 6.07) is 3.59. The van der Waals surface area contributed by atoms with Gasteiger partial charge in [-0.3, -0.25) is 4.79 Å². The first-order valence-electron chi connectivity index (χ1n) is 6.94. The largest absolute Gasteiger partial charge is 0.458 e. The molecule has 19 heavy (non-hydrogen) atoms. The number of carbonyl (C=O) groups is 1. The average Bonchev–Trinajstić information content (AvgIpc) is 2.75. The van der Waals surface area contributed by atoms with Crippen molar-refractivity contribution in [1.29, 1.82) is 0 Å². The number of furan rings is 1. The third kappa shape index (κ3) is 4.95. The Bertz CT molecular complexity index is 402. The minimum atomic E-state index is -1.61. The number of aryl methyl sites for hydroxylation is 1. The van der Waals surface area contributed by atoms with Crippen LogP contribution in [0.3, 0.4) is 0 Å². The molecule has 0 amide bonds. The molecule has 0 saturated heterocycles. The molecule has 108 valence electrons. The van der Waals surface area contributed by atoms with Crippen molar-refractivity contribution in [2.45, 2.75) is 58.2 Å². The zero-order chi connectivity index (χ0) is 14.5. The fraction of sp³-hybridized carbons (Fsp3) is 0.667. The summed E-state index contributed by atoms with van der Waals surface area (Å²) in [5, 5.41) is 0.271. The monoisotopic (exact) mass is 282 g/mol. The highest BCUT2D eigenvalue weighted by atomic mass is 28.4. The smallest absolute Gasteiger partial charge is 0.191 e. The molecule has 0 fully saturated rings. The van der Waals surface area contributed by atoms with Crippen LogP contribution >= 0.6 is 0 Å². The Morgan fingerprint density at radius 1 is 1.26 bits per heavy atom. The second-order valence-electron chi connectivity index (χ2n) is 6.49. The van der Waals surface area contributed by atoms with E-state index in [0.29, 0.717) is 5.76 Å². The van der Waals surface area contributed by atoms with Gasteiger partial charge in [0.05, 0.1) is 0 Å². The van der Waals surface area contributed by atoms with Crippen LogP contribution in [0, 0.1) is 0 Å². The van der Waals surface area contributed by atoms with Gasteiger partial charge < -0.3 is 8.84 Å². The third-order valence-corrected chi connectivity index (χ3v) is 8.42. The molecule has 1 aromatic rings. The first kappa shape index (κ1) is 16.2. The van der Waals surface area contributed by atoms with Gasteiger partial charge in [0.25, 0.3) is 0 Å². The van der Waals surface area contributed by atoms with Gasteiger partial charge in [0, 0.05) is 13.0 Å². The molecule has 0 aliphatic heterocycles. The summed E-state index contributed by atoms with van der Waals surface area (Å²) in [6.07, 6.45) is 3.67. The molecular weight excluding hydrogens is 256 g/mol. The molecule has 0 aliphatic carbocycles. The normalized spacial score (nSPS) is 12.7. The van der Waals surface area contributed by atoms with Crippen molar-refractivity contribution in [3.05, 3.63) is 23.7 Å². The van der Waals surface area contributed by atoms with Crippen LogP contribution in [0.1, 0.15) is 49.9 Å². The Labute approximate surface area is 117 Å². The molecule has 0 aromatic carbocycles. The Kier molecular flexibility index (Phi) is 5.56. The van der Waals surface area contributed by atoms with Crippen LogP contribution < -0.4 is 0 Å². The van der Waals surface area contributed by atoms with Gasteiger partial charge in [-0.25, -0.2) is 0 Å². The summed E-state index contributed by atoms with van der Waals surface area (Å²) in [5.74, 6) is 1.29. The zero-order valence-electron chi connectivity index (χ0n) is 12.8. The summed E-state index contributed by atoms with van der Waals surface area (Å²) < 4.78 is 11.4. The van der Waals surface area contributed by atoms with E-state index < -0.39 is 8.32 Å². The molecule has 1 rings (SSSR count). The van der Waals surface area contributed by atoms with Gasteiger partial charge in [-0.05, 0) is 43.1 Å². The van der Waals surface area contributed by atoms with Crippen molar-refractivity contribution >= 4 is 14.6 Å². The maximum Gasteiger partial charge on any atom is 0.191 e. The number of rotatable bonds is 7. The number of hydrogen-bond acceptors (Lipinski definition) is 3. The standard InChI is InChI=1S/C15H26O3Si/c1-15(2,3)19(4,5)17-11-7-6-8-13-9-10-14(12-16)18-13/h9-10,12H,6-8,11H2,1-5H3. The molecule has 0 atom stereocenters. The highest BCUT2D eigenvalue weighted by molar-refractivity contribution is 6.74. The Morgan fingerprint density at radius 3 is 2.47 bits per heavy atom. The number of unbranched alkanes of at least 4 members (excludes halogenated alkanes) is 1. The molecule has 0 saturated carbocycles. The molecule has 0 unspecified atom stereocenters. The van der Waals surface area contributed by atoms with Crippen molar-refractivity contribution < 1.29 is 13.6 Å². The van der Waals surface area contributed by atoms with Crippen molar-refractivity contribution in [3.8, 4) is 0 Å². The lowest BCUT2D eigenvalue weighted by Crippen LogP contribution is -2.40. The molecule has 0 N–H and O–H groups in total. The van der Waals surface area contributed by atoms with Crippen LogP contribution in [0.25, 0.3) is 0 Å². The molecule has 0 bridgehead atoms. The van der Waals surface area contributed by atoms with Gasteiger partial charge in [-0.15, -0.1) is 0 Å². The Hall–Kier alpha value is -0.873. The average molecular weight is 282 g/mol. The topological polar surface area (TPSA) is 39.4 Å². The molecule has 3 nitrogen and oxygen atoms in total. The molecular formula is C15H26O3Si. The van der Waals surface area contributed by atoms with Gasteiger partial charge in [0.1, 0.15) is 5.76 Å². The molecule has 1 heterocycles. The summed E-state index contributed by atoms with van der Waals surface area (Å²) >= 11 is 0. The molecule has 4 heteroatoms. The summed E-state index contributed by atoms with van der Waals surface area (Å²) in [6.45, 7) is 12.1. The number of aldehydes is 1. The lowest BCUT2D eigenvalue weighted by Gasteiger charge is -2.36. The van der Waals surface area contributed by atoms with Crippen molar-refractivity contribution in [2.24, 2.45) is 0 Å². The Balaban J connectivity index is 2.23. The highest BCUT2D eigenvalue weighted by Crippen LogP contribution is 2.36. The second kappa shape index (κ2) is 6.53. The molecule has 0 spiro atoms. The number of hydrogen-bond donors (Lipinski definition) is 0. The van der Waals surface area contributed by atoms with Crippen molar-refractivity contribution in [1.82, 2.24) is 0 Å². The predicted molar refractivity (Wildman–Crippen MR) is 80.2 cm³/mol. The maximum atomic E-state index is 10.5. The predicted octanol–water partition coefficient (Wildman–Crippen LogP) is 4.44. The summed E-state index contributed by atoms with van der Waals surface area (Å²) in [4.78, 5) is 10.5. The van der Waals surface area contributed by atoms with Crippen LogP contribution in [0.15, 0.2) is 16.5 Å². The van der Waals surface area contributed by atoms with Gasteiger partial charge in [0.15, 0.2) is 20.4 Å². The molecule has 1 aromatic heterocycles. The minimum Gasteiger partial charge on any atom is -0.458 e. The minimum absolute atomic E-state index is 0.271. The fourth-order valence-electron chi connectivity index (χ4n) is 1.54. The Morgan fingerprint density at radius 2 is 1.95 bits per heavy atom. The number of carbonyl (C=O) groups excluding carboxylic acids is 1. The van der Waals surface area contributed by atoms with Crippen LogP contribution in [-0.4, -0.2) is 21.2 Å². The van der Waals surface area contributed by atoms with E-state index in [-0.39, 0.29) is 5.04 Å². The highest BCUT2D eigenvalue weighted by Gasteiger charge is 2.36. The van der Waals surface area contributed by atoms with Crippen LogP contribution in [0.4, 0.5) is 0 Å². The second-order valence-corrected chi connectivity index (χ2v) is 11.3. The third-order valence-electron chi connectivity index (χ3n) is 3.89. The van der Waals surface area contributed by atoms with Crippen molar-refractivity contribution in [2.75, 3.05) is 6.61 Å². The van der Waals surface area contributed by atoms with E-state index in [1.54, 1.807) is 6.07 Å². The summed E-state index contributed by atoms with van der Waals surface area (Å²) in [7, 11) is -1.61. The van der Waals surface area contributed by atoms with Gasteiger partial charge >= 0.3 is 0 Å². The van der Waals surface area contributed by atoms with E-state index >= 15 is 0 Å². The van der Waals surface area contributed by atoms with E-state index in [9.17, 15) is 4.79 Å². The van der Waals surface area contributed by atoms with E-state index in [0.717, 1.165) is 37.9 Å². The van der Waals surface area contributed by atoms with E-state index in [1.165, 1.54) is 0 Å². The quantitative estimate of drug-likeness (QED) is 0.422. The fourth-order valence-corrected chi connectivity index (χ4v) is 2.62. The van der Waals surface area contributed by atoms with E-state index in [2.05, 4.69) is 33.9 Å². The van der Waals surface area contributed by atoms with E-state index in [1.807, 2.05) is 6.07 Å². The maximum absolute atomic E-state index is 10.5. The van der Waals surface area contributed by atoms with E-state index in [4.69, 9.17) is 8.84 Å².